The van der Waals surface area contributed by atoms with Gasteiger partial charge in [-0.1, -0.05) is 18.2 Å². The number of methoxy groups -OCH3 is 1. The number of ether oxygens (including phenoxy) is 4. The molecule has 0 aliphatic carbocycles. The molecular formula is C20H19N3O5. The molecule has 1 aromatic heterocycles. The van der Waals surface area contributed by atoms with Crippen LogP contribution in [0, 0.1) is 0 Å². The van der Waals surface area contributed by atoms with E-state index in [1.54, 1.807) is 29.1 Å². The van der Waals surface area contributed by atoms with Gasteiger partial charge in [0.15, 0.2) is 22.9 Å². The monoisotopic (exact) mass is 381 g/mol. The predicted molar refractivity (Wildman–Crippen MR) is 101 cm³/mol. The number of rotatable bonds is 7. The van der Waals surface area contributed by atoms with Crippen LogP contribution >= 0.6 is 0 Å². The minimum absolute atomic E-state index is 0.215. The van der Waals surface area contributed by atoms with Gasteiger partial charge >= 0.3 is 0 Å². The average Bonchev–Trinajstić information content (AvgIpc) is 3.38. The summed E-state index contributed by atoms with van der Waals surface area (Å²) in [5.74, 6) is 2.06. The zero-order chi connectivity index (χ0) is 19.3. The second kappa shape index (κ2) is 7.91. The lowest BCUT2D eigenvalue weighted by molar-refractivity contribution is 0.0938. The summed E-state index contributed by atoms with van der Waals surface area (Å²) in [5, 5.41) is 7.12. The molecule has 0 spiro atoms. The second-order valence-corrected chi connectivity index (χ2v) is 5.95. The van der Waals surface area contributed by atoms with Gasteiger partial charge in [0.25, 0.3) is 5.91 Å². The number of nitrogens with one attached hydrogen (secondary N) is 1. The molecule has 2 heterocycles. The van der Waals surface area contributed by atoms with Gasteiger partial charge in [-0.15, -0.1) is 0 Å². The van der Waals surface area contributed by atoms with Crippen LogP contribution in [-0.2, 0) is 0 Å². The number of benzene rings is 2. The lowest BCUT2D eigenvalue weighted by Crippen LogP contribution is -2.28. The molecule has 28 heavy (non-hydrogen) atoms. The highest BCUT2D eigenvalue weighted by Crippen LogP contribution is 2.35. The van der Waals surface area contributed by atoms with Crippen molar-refractivity contribution >= 4 is 5.91 Å². The van der Waals surface area contributed by atoms with E-state index in [0.29, 0.717) is 36.1 Å². The van der Waals surface area contributed by atoms with Gasteiger partial charge in [0, 0.05) is 6.07 Å². The molecule has 144 valence electrons. The van der Waals surface area contributed by atoms with E-state index in [0.717, 1.165) is 5.69 Å². The van der Waals surface area contributed by atoms with E-state index < -0.39 is 0 Å². The number of amides is 1. The SMILES string of the molecule is COc1cn(-c2ccccc2)nc1C(=O)NCCOc1ccc2c(c1)OCO2. The average molecular weight is 381 g/mol. The van der Waals surface area contributed by atoms with E-state index >= 15 is 0 Å². The Hall–Kier alpha value is -3.68. The fraction of sp³-hybridized carbons (Fsp3) is 0.200. The summed E-state index contributed by atoms with van der Waals surface area (Å²) in [6.07, 6.45) is 1.67. The Kier molecular flexibility index (Phi) is 5.01. The van der Waals surface area contributed by atoms with E-state index in [4.69, 9.17) is 18.9 Å². The van der Waals surface area contributed by atoms with E-state index in [2.05, 4.69) is 10.4 Å². The molecule has 8 heteroatoms. The molecule has 1 aliphatic heterocycles. The Morgan fingerprint density at radius 3 is 2.82 bits per heavy atom. The first-order valence-electron chi connectivity index (χ1n) is 8.74. The van der Waals surface area contributed by atoms with Crippen molar-refractivity contribution in [2.24, 2.45) is 0 Å². The summed E-state index contributed by atoms with van der Waals surface area (Å²) in [6, 6.07) is 14.8. The molecule has 1 aliphatic rings. The first-order chi connectivity index (χ1) is 13.7. The van der Waals surface area contributed by atoms with Gasteiger partial charge in [-0.2, -0.15) is 5.10 Å². The molecule has 2 aromatic carbocycles. The molecule has 0 unspecified atom stereocenters. The summed E-state index contributed by atoms with van der Waals surface area (Å²) < 4.78 is 23.1. The Balaban J connectivity index is 1.34. The number of hydrogen-bond acceptors (Lipinski definition) is 6. The third kappa shape index (κ3) is 3.71. The molecule has 0 saturated carbocycles. The van der Waals surface area contributed by atoms with E-state index in [1.807, 2.05) is 30.3 Å². The standard InChI is InChI=1S/C20H19N3O5/c1-25-18-12-23(14-5-3-2-4-6-14)22-19(18)20(24)21-9-10-26-15-7-8-16-17(11-15)28-13-27-16/h2-8,11-12H,9-10,13H2,1H3,(H,21,24). The largest absolute Gasteiger partial charge is 0.493 e. The number of para-hydroxylation sites is 1. The molecular weight excluding hydrogens is 362 g/mol. The van der Waals surface area contributed by atoms with Crippen LogP contribution in [0.4, 0.5) is 0 Å². The number of nitrogens with zero attached hydrogens (tertiary/aromatic N) is 2. The van der Waals surface area contributed by atoms with Gasteiger partial charge in [0.05, 0.1) is 25.5 Å². The van der Waals surface area contributed by atoms with Crippen molar-refractivity contribution in [3.63, 3.8) is 0 Å². The number of aromatic nitrogens is 2. The summed E-state index contributed by atoms with van der Waals surface area (Å²) in [5.41, 5.74) is 1.06. The Morgan fingerprint density at radius 1 is 1.18 bits per heavy atom. The minimum Gasteiger partial charge on any atom is -0.493 e. The first kappa shape index (κ1) is 17.7. The summed E-state index contributed by atoms with van der Waals surface area (Å²) in [7, 11) is 1.51. The maximum Gasteiger partial charge on any atom is 0.275 e. The zero-order valence-electron chi connectivity index (χ0n) is 15.3. The highest BCUT2D eigenvalue weighted by molar-refractivity contribution is 5.94. The Bertz CT molecular complexity index is 971. The van der Waals surface area contributed by atoms with Crippen molar-refractivity contribution in [1.29, 1.82) is 0 Å². The third-order valence-corrected chi connectivity index (χ3v) is 4.14. The van der Waals surface area contributed by atoms with Gasteiger partial charge in [-0.3, -0.25) is 4.79 Å². The van der Waals surface area contributed by atoms with Gasteiger partial charge < -0.3 is 24.3 Å². The van der Waals surface area contributed by atoms with Gasteiger partial charge in [-0.05, 0) is 24.3 Å². The molecule has 1 amide bonds. The van der Waals surface area contributed by atoms with Crippen molar-refractivity contribution in [2.75, 3.05) is 27.1 Å². The molecule has 0 bridgehead atoms. The van der Waals surface area contributed by atoms with Crippen molar-refractivity contribution in [3.8, 4) is 28.7 Å². The van der Waals surface area contributed by atoms with Crippen molar-refractivity contribution < 1.29 is 23.7 Å². The van der Waals surface area contributed by atoms with Crippen molar-refractivity contribution in [1.82, 2.24) is 15.1 Å². The lowest BCUT2D eigenvalue weighted by Gasteiger charge is -2.08. The Labute approximate surface area is 161 Å². The number of fused-ring (bicyclic) bond motifs is 1. The van der Waals surface area contributed by atoms with Crippen molar-refractivity contribution in [3.05, 3.63) is 60.4 Å². The van der Waals surface area contributed by atoms with Crippen LogP contribution in [0.2, 0.25) is 0 Å². The predicted octanol–water partition coefficient (Wildman–Crippen LogP) is 2.42. The van der Waals surface area contributed by atoms with E-state index in [9.17, 15) is 4.79 Å². The topological polar surface area (TPSA) is 83.8 Å². The van der Waals surface area contributed by atoms with Crippen LogP contribution in [0.25, 0.3) is 5.69 Å². The maximum atomic E-state index is 12.5. The fourth-order valence-electron chi connectivity index (χ4n) is 2.76. The van der Waals surface area contributed by atoms with Gasteiger partial charge in [-0.25, -0.2) is 4.68 Å². The van der Waals surface area contributed by atoms with E-state index in [1.165, 1.54) is 7.11 Å². The van der Waals surface area contributed by atoms with Crippen LogP contribution in [0.3, 0.4) is 0 Å². The van der Waals surface area contributed by atoms with Crippen LogP contribution in [0.15, 0.2) is 54.7 Å². The van der Waals surface area contributed by atoms with Crippen LogP contribution in [0.1, 0.15) is 10.5 Å². The summed E-state index contributed by atoms with van der Waals surface area (Å²) >= 11 is 0. The molecule has 0 radical (unpaired) electrons. The fourth-order valence-corrected chi connectivity index (χ4v) is 2.76. The zero-order valence-corrected chi connectivity index (χ0v) is 15.3. The highest BCUT2D eigenvalue weighted by atomic mass is 16.7. The van der Waals surface area contributed by atoms with Gasteiger partial charge in [0.2, 0.25) is 6.79 Å². The number of carbonyl (C=O) groups excluding carboxylic acids is 1. The normalized spacial score (nSPS) is 11.9. The quantitative estimate of drug-likeness (QED) is 0.633. The molecule has 0 fully saturated rings. The van der Waals surface area contributed by atoms with E-state index in [-0.39, 0.29) is 18.4 Å². The first-order valence-corrected chi connectivity index (χ1v) is 8.74. The molecule has 3 aromatic rings. The molecule has 4 rings (SSSR count). The van der Waals surface area contributed by atoms with Gasteiger partial charge in [0.1, 0.15) is 12.4 Å². The number of hydrogen-bond donors (Lipinski definition) is 1. The Morgan fingerprint density at radius 2 is 2.00 bits per heavy atom. The number of carbonyl (C=O) groups is 1. The van der Waals surface area contributed by atoms with Crippen molar-refractivity contribution in [2.45, 2.75) is 0 Å². The molecule has 8 nitrogen and oxygen atoms in total. The van der Waals surface area contributed by atoms with Crippen LogP contribution in [0.5, 0.6) is 23.0 Å². The second-order valence-electron chi connectivity index (χ2n) is 5.95. The molecule has 0 saturated heterocycles. The summed E-state index contributed by atoms with van der Waals surface area (Å²) in [4.78, 5) is 12.5. The van der Waals surface area contributed by atoms with Crippen LogP contribution < -0.4 is 24.3 Å². The molecule has 0 atom stereocenters. The summed E-state index contributed by atoms with van der Waals surface area (Å²) in [6.45, 7) is 0.827. The smallest absolute Gasteiger partial charge is 0.275 e. The lowest BCUT2D eigenvalue weighted by atomic mass is 10.3. The minimum atomic E-state index is -0.333. The van der Waals surface area contributed by atoms with Crippen LogP contribution in [-0.4, -0.2) is 42.7 Å². The third-order valence-electron chi connectivity index (χ3n) is 4.14. The maximum absolute atomic E-state index is 12.5. The highest BCUT2D eigenvalue weighted by Gasteiger charge is 2.18. The molecule has 1 N–H and O–H groups in total.